The van der Waals surface area contributed by atoms with E-state index in [9.17, 15) is 0 Å². The lowest BCUT2D eigenvalue weighted by Gasteiger charge is -2.16. The number of rotatable bonds is 3. The van der Waals surface area contributed by atoms with Gasteiger partial charge in [-0.2, -0.15) is 0 Å². The molecule has 4 rings (SSSR count). The van der Waals surface area contributed by atoms with E-state index in [1.807, 2.05) is 0 Å². The maximum atomic E-state index is 3.52. The number of nitrogens with zero attached hydrogens (tertiary/aromatic N) is 2. The minimum atomic E-state index is 0.884. The van der Waals surface area contributed by atoms with Crippen molar-refractivity contribution in [1.82, 2.24) is 14.8 Å². The van der Waals surface area contributed by atoms with Crippen LogP contribution in [-0.4, -0.2) is 35.6 Å². The fourth-order valence-corrected chi connectivity index (χ4v) is 4.03. The van der Waals surface area contributed by atoms with Crippen molar-refractivity contribution >= 4 is 10.9 Å². The summed E-state index contributed by atoms with van der Waals surface area (Å²) in [5.74, 6) is 1.77. The third-order valence-corrected chi connectivity index (χ3v) is 5.07. The molecule has 2 saturated heterocycles. The number of hydrogen-bond donors (Lipinski definition) is 1. The summed E-state index contributed by atoms with van der Waals surface area (Å²) in [6.45, 7) is 9.36. The van der Waals surface area contributed by atoms with E-state index in [4.69, 9.17) is 0 Å². The first-order valence-electron chi connectivity index (χ1n) is 7.85. The SMILES string of the molecule is CCn1cc(CN2C[C@H]3CNC[C@H]3C2)c2ccccc21. The third kappa shape index (κ3) is 1.97. The van der Waals surface area contributed by atoms with Crippen LogP contribution >= 0.6 is 0 Å². The van der Waals surface area contributed by atoms with Crippen LogP contribution in [0.2, 0.25) is 0 Å². The number of para-hydroxylation sites is 1. The number of benzene rings is 1. The van der Waals surface area contributed by atoms with Crippen LogP contribution in [0.5, 0.6) is 0 Å². The van der Waals surface area contributed by atoms with Crippen molar-refractivity contribution in [3.8, 4) is 0 Å². The Kier molecular flexibility index (Phi) is 3.04. The van der Waals surface area contributed by atoms with Gasteiger partial charge >= 0.3 is 0 Å². The second-order valence-electron chi connectivity index (χ2n) is 6.33. The first-order chi connectivity index (χ1) is 9.85. The lowest BCUT2D eigenvalue weighted by Crippen LogP contribution is -2.25. The summed E-state index contributed by atoms with van der Waals surface area (Å²) in [7, 11) is 0. The highest BCUT2D eigenvalue weighted by Gasteiger charge is 2.35. The highest BCUT2D eigenvalue weighted by atomic mass is 15.2. The van der Waals surface area contributed by atoms with Crippen molar-refractivity contribution in [3.63, 3.8) is 0 Å². The Morgan fingerprint density at radius 3 is 2.65 bits per heavy atom. The molecule has 2 aromatic rings. The number of aryl methyl sites for hydroxylation is 1. The number of nitrogens with one attached hydrogen (secondary N) is 1. The van der Waals surface area contributed by atoms with E-state index in [1.165, 1.54) is 42.6 Å². The number of hydrogen-bond acceptors (Lipinski definition) is 2. The van der Waals surface area contributed by atoms with Gasteiger partial charge in [0.1, 0.15) is 0 Å². The molecule has 0 spiro atoms. The van der Waals surface area contributed by atoms with Crippen molar-refractivity contribution < 1.29 is 0 Å². The van der Waals surface area contributed by atoms with Crippen LogP contribution in [0.4, 0.5) is 0 Å². The molecule has 0 radical (unpaired) electrons. The van der Waals surface area contributed by atoms with Gasteiger partial charge in [-0.15, -0.1) is 0 Å². The molecule has 0 saturated carbocycles. The molecule has 0 aliphatic carbocycles. The topological polar surface area (TPSA) is 20.2 Å². The smallest absolute Gasteiger partial charge is 0.0483 e. The predicted molar refractivity (Wildman–Crippen MR) is 82.7 cm³/mol. The molecular weight excluding hydrogens is 246 g/mol. The molecule has 0 amide bonds. The van der Waals surface area contributed by atoms with Gasteiger partial charge in [0.05, 0.1) is 0 Å². The maximum Gasteiger partial charge on any atom is 0.0483 e. The summed E-state index contributed by atoms with van der Waals surface area (Å²) in [5, 5.41) is 4.96. The molecule has 3 heteroatoms. The van der Waals surface area contributed by atoms with Crippen molar-refractivity contribution in [3.05, 3.63) is 36.0 Å². The Bertz CT molecular complexity index is 604. The molecule has 1 aromatic heterocycles. The van der Waals surface area contributed by atoms with Crippen molar-refractivity contribution in [2.75, 3.05) is 26.2 Å². The molecule has 0 bridgehead atoms. The van der Waals surface area contributed by atoms with E-state index in [1.54, 1.807) is 0 Å². The number of likely N-dealkylation sites (tertiary alicyclic amines) is 1. The van der Waals surface area contributed by atoms with Gasteiger partial charge in [0.15, 0.2) is 0 Å². The van der Waals surface area contributed by atoms with Gasteiger partial charge in [0, 0.05) is 43.3 Å². The van der Waals surface area contributed by atoms with Crippen molar-refractivity contribution in [1.29, 1.82) is 0 Å². The van der Waals surface area contributed by atoms with E-state index >= 15 is 0 Å². The molecule has 1 aromatic carbocycles. The molecule has 2 atom stereocenters. The normalized spacial score (nSPS) is 26.4. The molecule has 2 aliphatic rings. The summed E-state index contributed by atoms with van der Waals surface area (Å²) in [6.07, 6.45) is 2.36. The van der Waals surface area contributed by atoms with Crippen molar-refractivity contribution in [2.24, 2.45) is 11.8 Å². The van der Waals surface area contributed by atoms with Gasteiger partial charge in [-0.05, 0) is 43.5 Å². The number of fused-ring (bicyclic) bond motifs is 2. The molecule has 3 nitrogen and oxygen atoms in total. The second kappa shape index (κ2) is 4.90. The van der Waals surface area contributed by atoms with Gasteiger partial charge in [-0.3, -0.25) is 4.90 Å². The monoisotopic (exact) mass is 269 g/mol. The van der Waals surface area contributed by atoms with Crippen molar-refractivity contribution in [2.45, 2.75) is 20.0 Å². The summed E-state index contributed by atoms with van der Waals surface area (Å²) in [4.78, 5) is 2.65. The van der Waals surface area contributed by atoms with E-state index in [0.717, 1.165) is 24.9 Å². The molecule has 106 valence electrons. The first-order valence-corrected chi connectivity index (χ1v) is 7.85. The van der Waals surface area contributed by atoms with Crippen LogP contribution in [-0.2, 0) is 13.1 Å². The van der Waals surface area contributed by atoms with Crippen LogP contribution in [0.1, 0.15) is 12.5 Å². The minimum absolute atomic E-state index is 0.884. The first kappa shape index (κ1) is 12.4. The van der Waals surface area contributed by atoms with Crippen LogP contribution < -0.4 is 5.32 Å². The summed E-state index contributed by atoms with van der Waals surface area (Å²) in [6, 6.07) is 8.82. The summed E-state index contributed by atoms with van der Waals surface area (Å²) >= 11 is 0. The molecule has 3 heterocycles. The average Bonchev–Trinajstić information content (AvgIpc) is 3.12. The number of aromatic nitrogens is 1. The zero-order valence-electron chi connectivity index (χ0n) is 12.2. The average molecular weight is 269 g/mol. The van der Waals surface area contributed by atoms with E-state index in [0.29, 0.717) is 0 Å². The Labute approximate surface area is 120 Å². The molecular formula is C17H23N3. The Morgan fingerprint density at radius 2 is 1.90 bits per heavy atom. The predicted octanol–water partition coefficient (Wildman–Crippen LogP) is 2.31. The molecule has 20 heavy (non-hydrogen) atoms. The quantitative estimate of drug-likeness (QED) is 0.923. The standard InChI is InChI=1S/C17H23N3/c1-2-20-12-15(16-5-3-4-6-17(16)20)11-19-9-13-7-18-8-14(13)10-19/h3-6,12-14,18H,2,7-11H2,1H3/t13-,14+. The van der Waals surface area contributed by atoms with E-state index < -0.39 is 0 Å². The van der Waals surface area contributed by atoms with Gasteiger partial charge in [-0.25, -0.2) is 0 Å². The fraction of sp³-hybridized carbons (Fsp3) is 0.529. The van der Waals surface area contributed by atoms with E-state index in [2.05, 4.69) is 52.2 Å². The lowest BCUT2D eigenvalue weighted by atomic mass is 10.0. The van der Waals surface area contributed by atoms with Crippen LogP contribution in [0.3, 0.4) is 0 Å². The molecule has 1 N–H and O–H groups in total. The summed E-state index contributed by atoms with van der Waals surface area (Å²) < 4.78 is 2.38. The lowest BCUT2D eigenvalue weighted by molar-refractivity contribution is 0.306. The maximum absolute atomic E-state index is 3.52. The molecule has 2 aliphatic heterocycles. The third-order valence-electron chi connectivity index (χ3n) is 5.07. The molecule has 2 fully saturated rings. The fourth-order valence-electron chi connectivity index (χ4n) is 4.03. The molecule has 0 unspecified atom stereocenters. The zero-order valence-corrected chi connectivity index (χ0v) is 12.2. The summed E-state index contributed by atoms with van der Waals surface area (Å²) in [5.41, 5.74) is 2.88. The Morgan fingerprint density at radius 1 is 1.15 bits per heavy atom. The van der Waals surface area contributed by atoms with Gasteiger partial charge < -0.3 is 9.88 Å². The largest absolute Gasteiger partial charge is 0.347 e. The van der Waals surface area contributed by atoms with Gasteiger partial charge in [-0.1, -0.05) is 18.2 Å². The van der Waals surface area contributed by atoms with Gasteiger partial charge in [0.25, 0.3) is 0 Å². The second-order valence-corrected chi connectivity index (χ2v) is 6.33. The highest BCUT2D eigenvalue weighted by molar-refractivity contribution is 5.83. The van der Waals surface area contributed by atoms with E-state index in [-0.39, 0.29) is 0 Å². The minimum Gasteiger partial charge on any atom is -0.347 e. The van der Waals surface area contributed by atoms with Crippen LogP contribution in [0.15, 0.2) is 30.5 Å². The van der Waals surface area contributed by atoms with Crippen LogP contribution in [0.25, 0.3) is 10.9 Å². The highest BCUT2D eigenvalue weighted by Crippen LogP contribution is 2.29. The van der Waals surface area contributed by atoms with Crippen LogP contribution in [0, 0.1) is 11.8 Å². The Balaban J connectivity index is 1.60. The van der Waals surface area contributed by atoms with Gasteiger partial charge in [0.2, 0.25) is 0 Å². The Hall–Kier alpha value is -1.32. The zero-order chi connectivity index (χ0) is 13.5.